The van der Waals surface area contributed by atoms with E-state index >= 15 is 0 Å². The van der Waals surface area contributed by atoms with Crippen LogP contribution in [-0.2, 0) is 32.1 Å². The molecule has 2 heterocycles. The first kappa shape index (κ1) is 24.9. The van der Waals surface area contributed by atoms with Crippen LogP contribution < -0.4 is 15.4 Å². The van der Waals surface area contributed by atoms with E-state index in [9.17, 15) is 19.2 Å². The number of hydrogen-bond acceptors (Lipinski definition) is 7. The van der Waals surface area contributed by atoms with Gasteiger partial charge < -0.3 is 20.1 Å². The highest BCUT2D eigenvalue weighted by molar-refractivity contribution is 6.37. The van der Waals surface area contributed by atoms with Gasteiger partial charge in [-0.05, 0) is 23.6 Å². The summed E-state index contributed by atoms with van der Waals surface area (Å²) in [7, 11) is 0. The number of nitrogens with zero attached hydrogens (tertiary/aromatic N) is 1. The van der Waals surface area contributed by atoms with Crippen molar-refractivity contribution >= 4 is 23.6 Å². The summed E-state index contributed by atoms with van der Waals surface area (Å²) in [6.07, 6.45) is 0.673. The lowest BCUT2D eigenvalue weighted by Crippen LogP contribution is -2.46. The maximum absolute atomic E-state index is 13.2. The lowest BCUT2D eigenvalue weighted by molar-refractivity contribution is -0.141. The van der Waals surface area contributed by atoms with Gasteiger partial charge in [-0.1, -0.05) is 44.2 Å². The molecule has 0 aliphatic carbocycles. The van der Waals surface area contributed by atoms with Crippen molar-refractivity contribution in [3.8, 4) is 5.75 Å². The molecule has 2 aromatic rings. The van der Waals surface area contributed by atoms with Gasteiger partial charge in [0.15, 0.2) is 5.78 Å². The molecule has 0 saturated carbocycles. The maximum Gasteiger partial charge on any atom is 0.408 e. The molecule has 0 fully saturated rings. The van der Waals surface area contributed by atoms with E-state index < -0.39 is 29.7 Å². The van der Waals surface area contributed by atoms with Crippen molar-refractivity contribution in [2.24, 2.45) is 11.8 Å². The SMILES string of the molecule is CC(C)C(NC(=O)OCc1ccccc1)C(=O)CC1Cc2ncccc2OCCNC(=O)C1=O. The minimum absolute atomic E-state index is 0.0649. The standard InChI is InChI=1S/C25H29N3O6/c1-16(2)22(28-25(32)34-15-17-7-4-3-5-8-17)20(29)14-18-13-19-21(9-6-10-26-19)33-12-11-27-24(31)23(18)30/h3-10,16,18,22H,11-15H2,1-2H3,(H,27,31)(H,28,32). The molecule has 1 aromatic carbocycles. The highest BCUT2D eigenvalue weighted by Crippen LogP contribution is 2.23. The largest absolute Gasteiger partial charge is 0.490 e. The number of Topliss-reactive ketones (excluding diaryl/α,β-unsaturated/α-hetero) is 2. The molecule has 2 unspecified atom stereocenters. The average molecular weight is 468 g/mol. The number of carbonyl (C=O) groups is 4. The molecule has 3 rings (SSSR count). The van der Waals surface area contributed by atoms with Crippen LogP contribution in [0, 0.1) is 11.8 Å². The molecule has 1 aliphatic rings. The van der Waals surface area contributed by atoms with Crippen LogP contribution in [0.2, 0.25) is 0 Å². The number of hydrogen-bond donors (Lipinski definition) is 2. The summed E-state index contributed by atoms with van der Waals surface area (Å²) in [5.41, 5.74) is 1.32. The quantitative estimate of drug-likeness (QED) is 0.599. The van der Waals surface area contributed by atoms with Crippen LogP contribution in [0.15, 0.2) is 48.7 Å². The van der Waals surface area contributed by atoms with Crippen molar-refractivity contribution in [1.82, 2.24) is 15.6 Å². The fourth-order valence-electron chi connectivity index (χ4n) is 3.68. The van der Waals surface area contributed by atoms with E-state index in [0.29, 0.717) is 11.4 Å². The number of pyridine rings is 1. The summed E-state index contributed by atoms with van der Waals surface area (Å²) in [6.45, 7) is 3.99. The highest BCUT2D eigenvalue weighted by Gasteiger charge is 2.33. The van der Waals surface area contributed by atoms with Crippen molar-refractivity contribution in [3.63, 3.8) is 0 Å². The molecular formula is C25H29N3O6. The van der Waals surface area contributed by atoms with Gasteiger partial charge in [0.2, 0.25) is 5.78 Å². The van der Waals surface area contributed by atoms with Crippen LogP contribution in [0.4, 0.5) is 4.79 Å². The van der Waals surface area contributed by atoms with Crippen LogP contribution in [0.5, 0.6) is 5.75 Å². The predicted octanol–water partition coefficient (Wildman–Crippen LogP) is 2.23. The Bertz CT molecular complexity index is 1020. The first-order chi connectivity index (χ1) is 16.3. The van der Waals surface area contributed by atoms with E-state index in [1.807, 2.05) is 30.3 Å². The molecule has 0 radical (unpaired) electrons. The van der Waals surface area contributed by atoms with Gasteiger partial charge in [-0.3, -0.25) is 19.4 Å². The van der Waals surface area contributed by atoms with Crippen LogP contribution in [-0.4, -0.2) is 47.7 Å². The van der Waals surface area contributed by atoms with Crippen molar-refractivity contribution in [1.29, 1.82) is 0 Å². The molecule has 9 nitrogen and oxygen atoms in total. The molecule has 1 aliphatic heterocycles. The number of alkyl carbamates (subject to hydrolysis) is 1. The molecule has 2 amide bonds. The second kappa shape index (κ2) is 11.9. The molecule has 2 atom stereocenters. The van der Waals surface area contributed by atoms with Gasteiger partial charge in [-0.2, -0.15) is 0 Å². The third kappa shape index (κ3) is 6.87. The van der Waals surface area contributed by atoms with Gasteiger partial charge in [0, 0.05) is 25.0 Å². The van der Waals surface area contributed by atoms with E-state index in [1.54, 1.807) is 32.2 Å². The number of ether oxygens (including phenoxy) is 2. The molecular weight excluding hydrogens is 438 g/mol. The lowest BCUT2D eigenvalue weighted by atomic mass is 9.87. The summed E-state index contributed by atoms with van der Waals surface area (Å²) >= 11 is 0. The Kier molecular flexibility index (Phi) is 8.73. The second-order valence-electron chi connectivity index (χ2n) is 8.42. The summed E-state index contributed by atoms with van der Waals surface area (Å²) in [5.74, 6) is -2.52. The number of carbonyl (C=O) groups excluding carboxylic acids is 4. The fourth-order valence-corrected chi connectivity index (χ4v) is 3.68. The smallest absolute Gasteiger partial charge is 0.408 e. The summed E-state index contributed by atoms with van der Waals surface area (Å²) in [4.78, 5) is 54.9. The Labute approximate surface area is 198 Å². The van der Waals surface area contributed by atoms with Crippen LogP contribution in [0.3, 0.4) is 0 Å². The second-order valence-corrected chi connectivity index (χ2v) is 8.42. The van der Waals surface area contributed by atoms with E-state index in [0.717, 1.165) is 5.56 Å². The van der Waals surface area contributed by atoms with E-state index in [-0.39, 0.29) is 44.3 Å². The van der Waals surface area contributed by atoms with Crippen molar-refractivity contribution < 1.29 is 28.7 Å². The van der Waals surface area contributed by atoms with Crippen LogP contribution >= 0.6 is 0 Å². The number of aromatic nitrogens is 1. The summed E-state index contributed by atoms with van der Waals surface area (Å²) < 4.78 is 10.9. The van der Waals surface area contributed by atoms with Crippen molar-refractivity contribution in [2.75, 3.05) is 13.2 Å². The van der Waals surface area contributed by atoms with Crippen LogP contribution in [0.1, 0.15) is 31.5 Å². The zero-order valence-electron chi connectivity index (χ0n) is 19.3. The Balaban J connectivity index is 1.70. The minimum Gasteiger partial charge on any atom is -0.490 e. The van der Waals surface area contributed by atoms with E-state index in [1.165, 1.54) is 0 Å². The third-order valence-corrected chi connectivity index (χ3v) is 5.48. The molecule has 180 valence electrons. The molecule has 0 saturated heterocycles. The first-order valence-electron chi connectivity index (χ1n) is 11.2. The number of rotatable bonds is 7. The molecule has 9 heteroatoms. The normalized spacial score (nSPS) is 17.1. The summed E-state index contributed by atoms with van der Waals surface area (Å²) in [5, 5.41) is 5.13. The fraction of sp³-hybridized carbons (Fsp3) is 0.400. The molecule has 1 aromatic heterocycles. The van der Waals surface area contributed by atoms with E-state index in [2.05, 4.69) is 15.6 Å². The van der Waals surface area contributed by atoms with Gasteiger partial charge in [0.1, 0.15) is 19.0 Å². The number of benzene rings is 1. The van der Waals surface area contributed by atoms with Crippen molar-refractivity contribution in [2.45, 2.75) is 39.3 Å². The molecule has 2 N–H and O–H groups in total. The Morgan fingerprint density at radius 1 is 1.18 bits per heavy atom. The van der Waals surface area contributed by atoms with Crippen LogP contribution in [0.25, 0.3) is 0 Å². The molecule has 0 bridgehead atoms. The summed E-state index contributed by atoms with van der Waals surface area (Å²) in [6, 6.07) is 11.7. The lowest BCUT2D eigenvalue weighted by Gasteiger charge is -2.24. The molecule has 34 heavy (non-hydrogen) atoms. The number of amides is 2. The Morgan fingerprint density at radius 2 is 1.94 bits per heavy atom. The first-order valence-corrected chi connectivity index (χ1v) is 11.2. The Hall–Kier alpha value is -3.75. The maximum atomic E-state index is 13.2. The number of fused-ring (bicyclic) bond motifs is 1. The third-order valence-electron chi connectivity index (χ3n) is 5.48. The monoisotopic (exact) mass is 467 g/mol. The number of ketones is 2. The van der Waals surface area contributed by atoms with Gasteiger partial charge in [-0.25, -0.2) is 4.79 Å². The van der Waals surface area contributed by atoms with Crippen molar-refractivity contribution in [3.05, 3.63) is 59.9 Å². The minimum atomic E-state index is -0.939. The average Bonchev–Trinajstić information content (AvgIpc) is 2.83. The zero-order valence-corrected chi connectivity index (χ0v) is 19.3. The Morgan fingerprint density at radius 3 is 2.68 bits per heavy atom. The van der Waals surface area contributed by atoms with Gasteiger partial charge in [-0.15, -0.1) is 0 Å². The topological polar surface area (TPSA) is 124 Å². The van der Waals surface area contributed by atoms with E-state index in [4.69, 9.17) is 9.47 Å². The number of nitrogens with one attached hydrogen (secondary N) is 2. The predicted molar refractivity (Wildman–Crippen MR) is 123 cm³/mol. The highest BCUT2D eigenvalue weighted by atomic mass is 16.5. The van der Waals surface area contributed by atoms with Gasteiger partial charge in [0.05, 0.1) is 18.3 Å². The zero-order chi connectivity index (χ0) is 24.5. The van der Waals surface area contributed by atoms with Gasteiger partial charge >= 0.3 is 6.09 Å². The van der Waals surface area contributed by atoms with Gasteiger partial charge in [0.25, 0.3) is 5.91 Å². The molecule has 0 spiro atoms.